The summed E-state index contributed by atoms with van der Waals surface area (Å²) in [6.45, 7) is 10.1. The molecule has 1 aliphatic carbocycles. The van der Waals surface area contributed by atoms with E-state index in [1.165, 1.54) is 0 Å². The van der Waals surface area contributed by atoms with Crippen molar-refractivity contribution >= 4 is 5.91 Å². The van der Waals surface area contributed by atoms with Gasteiger partial charge in [-0.1, -0.05) is 20.8 Å². The molecule has 1 amide bonds. The second kappa shape index (κ2) is 9.35. The van der Waals surface area contributed by atoms with E-state index in [0.29, 0.717) is 12.0 Å². The van der Waals surface area contributed by atoms with Gasteiger partial charge in [0, 0.05) is 12.6 Å². The Bertz CT molecular complexity index is 274. The summed E-state index contributed by atoms with van der Waals surface area (Å²) in [6.07, 6.45) is 5.36. The maximum absolute atomic E-state index is 11.9. The Balaban J connectivity index is 2.18. The zero-order chi connectivity index (χ0) is 15.0. The standard InChI is InChI=1S/C16H32N2O2/c1-5-17-14-6-8-15(9-7-14)20-13(4)16(19)18-11-10-12(2)3/h12-15,17H,5-11H2,1-4H3,(H,18,19). The van der Waals surface area contributed by atoms with E-state index < -0.39 is 0 Å². The molecule has 0 bridgehead atoms. The Labute approximate surface area is 124 Å². The van der Waals surface area contributed by atoms with Gasteiger partial charge in [-0.25, -0.2) is 0 Å². The predicted molar refractivity (Wildman–Crippen MR) is 82.7 cm³/mol. The first-order valence-corrected chi connectivity index (χ1v) is 8.19. The number of carbonyl (C=O) groups is 1. The highest BCUT2D eigenvalue weighted by molar-refractivity contribution is 5.80. The smallest absolute Gasteiger partial charge is 0.248 e. The van der Waals surface area contributed by atoms with E-state index >= 15 is 0 Å². The van der Waals surface area contributed by atoms with Gasteiger partial charge in [-0.2, -0.15) is 0 Å². The van der Waals surface area contributed by atoms with Crippen molar-refractivity contribution in [2.24, 2.45) is 5.92 Å². The number of amides is 1. The van der Waals surface area contributed by atoms with Gasteiger partial charge in [0.2, 0.25) is 5.91 Å². The number of carbonyl (C=O) groups excluding carboxylic acids is 1. The first-order valence-electron chi connectivity index (χ1n) is 8.19. The summed E-state index contributed by atoms with van der Waals surface area (Å²) in [5.41, 5.74) is 0. The lowest BCUT2D eigenvalue weighted by atomic mass is 9.93. The van der Waals surface area contributed by atoms with Crippen molar-refractivity contribution < 1.29 is 9.53 Å². The molecule has 1 saturated carbocycles. The van der Waals surface area contributed by atoms with Crippen LogP contribution in [0.25, 0.3) is 0 Å². The third-order valence-electron chi connectivity index (χ3n) is 3.95. The topological polar surface area (TPSA) is 50.4 Å². The number of nitrogens with one attached hydrogen (secondary N) is 2. The highest BCUT2D eigenvalue weighted by atomic mass is 16.5. The monoisotopic (exact) mass is 284 g/mol. The van der Waals surface area contributed by atoms with Gasteiger partial charge >= 0.3 is 0 Å². The van der Waals surface area contributed by atoms with Gasteiger partial charge in [-0.05, 0) is 51.5 Å². The minimum atomic E-state index is -0.331. The fourth-order valence-corrected chi connectivity index (χ4v) is 2.67. The highest BCUT2D eigenvalue weighted by Crippen LogP contribution is 2.22. The van der Waals surface area contributed by atoms with Crippen LogP contribution in [-0.4, -0.2) is 37.2 Å². The van der Waals surface area contributed by atoms with Gasteiger partial charge in [-0.15, -0.1) is 0 Å². The van der Waals surface area contributed by atoms with Crippen molar-refractivity contribution in [1.29, 1.82) is 0 Å². The quantitative estimate of drug-likeness (QED) is 0.720. The van der Waals surface area contributed by atoms with Crippen LogP contribution in [0.4, 0.5) is 0 Å². The SMILES string of the molecule is CCNC1CCC(OC(C)C(=O)NCCC(C)C)CC1. The maximum Gasteiger partial charge on any atom is 0.248 e. The molecule has 0 aliphatic heterocycles. The molecule has 1 rings (SSSR count). The number of hydrogen-bond acceptors (Lipinski definition) is 3. The summed E-state index contributed by atoms with van der Waals surface area (Å²) in [7, 11) is 0. The fraction of sp³-hybridized carbons (Fsp3) is 0.938. The Hall–Kier alpha value is -0.610. The minimum Gasteiger partial charge on any atom is -0.365 e. The molecule has 0 aromatic carbocycles. The van der Waals surface area contributed by atoms with Crippen LogP contribution < -0.4 is 10.6 Å². The van der Waals surface area contributed by atoms with Gasteiger partial charge in [0.25, 0.3) is 0 Å². The lowest BCUT2D eigenvalue weighted by Crippen LogP contribution is -2.40. The summed E-state index contributed by atoms with van der Waals surface area (Å²) in [5.74, 6) is 0.646. The average Bonchev–Trinajstić information content (AvgIpc) is 2.40. The lowest BCUT2D eigenvalue weighted by molar-refractivity contribution is -0.136. The van der Waals surface area contributed by atoms with Crippen molar-refractivity contribution in [2.45, 2.75) is 78.0 Å². The molecular weight excluding hydrogens is 252 g/mol. The van der Waals surface area contributed by atoms with Crippen molar-refractivity contribution in [3.8, 4) is 0 Å². The average molecular weight is 284 g/mol. The summed E-state index contributed by atoms with van der Waals surface area (Å²) >= 11 is 0. The molecule has 20 heavy (non-hydrogen) atoms. The third kappa shape index (κ3) is 6.71. The lowest BCUT2D eigenvalue weighted by Gasteiger charge is -2.30. The number of hydrogen-bond donors (Lipinski definition) is 2. The van der Waals surface area contributed by atoms with Crippen molar-refractivity contribution in [3.05, 3.63) is 0 Å². The molecule has 1 atom stereocenters. The zero-order valence-electron chi connectivity index (χ0n) is 13.6. The second-order valence-electron chi connectivity index (χ2n) is 6.28. The Morgan fingerprint density at radius 1 is 1.20 bits per heavy atom. The molecule has 118 valence electrons. The molecule has 1 unspecified atom stereocenters. The van der Waals surface area contributed by atoms with Crippen LogP contribution in [0.2, 0.25) is 0 Å². The Morgan fingerprint density at radius 2 is 1.85 bits per heavy atom. The van der Waals surface area contributed by atoms with Crippen LogP contribution in [0.1, 0.15) is 59.8 Å². The van der Waals surface area contributed by atoms with Crippen LogP contribution >= 0.6 is 0 Å². The summed E-state index contributed by atoms with van der Waals surface area (Å²) in [4.78, 5) is 11.9. The van der Waals surface area contributed by atoms with E-state index in [4.69, 9.17) is 4.74 Å². The number of ether oxygens (including phenoxy) is 1. The van der Waals surface area contributed by atoms with Gasteiger partial charge in [0.05, 0.1) is 6.10 Å². The molecule has 0 radical (unpaired) electrons. The highest BCUT2D eigenvalue weighted by Gasteiger charge is 2.24. The van der Waals surface area contributed by atoms with Crippen molar-refractivity contribution in [3.63, 3.8) is 0 Å². The Kier molecular flexibility index (Phi) is 8.15. The summed E-state index contributed by atoms with van der Waals surface area (Å²) < 4.78 is 5.90. The van der Waals surface area contributed by atoms with Gasteiger partial charge in [0.1, 0.15) is 6.10 Å². The molecule has 0 aromatic heterocycles. The van der Waals surface area contributed by atoms with Gasteiger partial charge < -0.3 is 15.4 Å². The number of rotatable bonds is 8. The van der Waals surface area contributed by atoms with E-state index in [1.807, 2.05) is 6.92 Å². The van der Waals surface area contributed by atoms with Crippen LogP contribution in [0.5, 0.6) is 0 Å². The Morgan fingerprint density at radius 3 is 2.40 bits per heavy atom. The molecule has 0 heterocycles. The largest absolute Gasteiger partial charge is 0.365 e. The molecule has 0 spiro atoms. The van der Waals surface area contributed by atoms with Crippen LogP contribution in [0.15, 0.2) is 0 Å². The van der Waals surface area contributed by atoms with Gasteiger partial charge in [-0.3, -0.25) is 4.79 Å². The third-order valence-corrected chi connectivity index (χ3v) is 3.95. The van der Waals surface area contributed by atoms with Crippen LogP contribution in [0, 0.1) is 5.92 Å². The van der Waals surface area contributed by atoms with Crippen molar-refractivity contribution in [2.75, 3.05) is 13.1 Å². The van der Waals surface area contributed by atoms with Crippen LogP contribution in [0.3, 0.4) is 0 Å². The molecule has 2 N–H and O–H groups in total. The van der Waals surface area contributed by atoms with Gasteiger partial charge in [0.15, 0.2) is 0 Å². The van der Waals surface area contributed by atoms with E-state index in [0.717, 1.165) is 45.2 Å². The normalized spacial score (nSPS) is 24.6. The minimum absolute atomic E-state index is 0.0273. The first-order chi connectivity index (χ1) is 9.52. The molecule has 1 fully saturated rings. The summed E-state index contributed by atoms with van der Waals surface area (Å²) in [5, 5.41) is 6.44. The van der Waals surface area contributed by atoms with E-state index in [1.54, 1.807) is 0 Å². The first kappa shape index (κ1) is 17.4. The zero-order valence-corrected chi connectivity index (χ0v) is 13.6. The van der Waals surface area contributed by atoms with E-state index in [-0.39, 0.29) is 18.1 Å². The predicted octanol–water partition coefficient (Wildman–Crippen LogP) is 2.47. The summed E-state index contributed by atoms with van der Waals surface area (Å²) in [6, 6.07) is 0.634. The fourth-order valence-electron chi connectivity index (χ4n) is 2.67. The van der Waals surface area contributed by atoms with Crippen LogP contribution in [-0.2, 0) is 9.53 Å². The molecule has 0 aromatic rings. The molecule has 4 heteroatoms. The molecular formula is C16H32N2O2. The molecule has 4 nitrogen and oxygen atoms in total. The van der Waals surface area contributed by atoms with E-state index in [9.17, 15) is 4.79 Å². The van der Waals surface area contributed by atoms with Crippen molar-refractivity contribution in [1.82, 2.24) is 10.6 Å². The van der Waals surface area contributed by atoms with E-state index in [2.05, 4.69) is 31.4 Å². The second-order valence-corrected chi connectivity index (χ2v) is 6.28. The molecule has 0 saturated heterocycles. The molecule has 1 aliphatic rings. The maximum atomic E-state index is 11.9.